The second-order valence-corrected chi connectivity index (χ2v) is 8.90. The van der Waals surface area contributed by atoms with Gasteiger partial charge < -0.3 is 16.0 Å². The van der Waals surface area contributed by atoms with Crippen LogP contribution < -0.4 is 16.0 Å². The number of carbonyl (C=O) groups is 3. The zero-order chi connectivity index (χ0) is 21.5. The number of hydrogen-bond donors (Lipinski definition) is 3. The van der Waals surface area contributed by atoms with Gasteiger partial charge in [-0.05, 0) is 43.5 Å². The zero-order valence-corrected chi connectivity index (χ0v) is 18.5. The first-order chi connectivity index (χ1) is 14.5. The van der Waals surface area contributed by atoms with Crippen LogP contribution in [-0.4, -0.2) is 30.8 Å². The first-order valence-electron chi connectivity index (χ1n) is 10.2. The van der Waals surface area contributed by atoms with E-state index >= 15 is 0 Å². The van der Waals surface area contributed by atoms with Crippen LogP contribution in [0, 0.1) is 12.8 Å². The van der Waals surface area contributed by atoms with Gasteiger partial charge in [0.25, 0.3) is 11.8 Å². The Kier molecular flexibility index (Phi) is 7.87. The van der Waals surface area contributed by atoms with E-state index in [2.05, 4.69) is 16.0 Å². The summed E-state index contributed by atoms with van der Waals surface area (Å²) in [5.74, 6) is -0.346. The average molecular weight is 448 g/mol. The minimum Gasteiger partial charge on any atom is -0.354 e. The molecule has 1 aliphatic carbocycles. The van der Waals surface area contributed by atoms with Gasteiger partial charge >= 0.3 is 0 Å². The van der Waals surface area contributed by atoms with Gasteiger partial charge in [-0.15, -0.1) is 11.3 Å². The molecular weight excluding hydrogens is 422 g/mol. The number of carbonyl (C=O) groups excluding carboxylic acids is 3. The third-order valence-corrected chi connectivity index (χ3v) is 6.65. The molecule has 3 rings (SSSR count). The van der Waals surface area contributed by atoms with Gasteiger partial charge in [0.15, 0.2) is 0 Å². The number of halogens is 1. The molecule has 1 heterocycles. The number of amides is 3. The first kappa shape index (κ1) is 22.3. The van der Waals surface area contributed by atoms with Crippen LogP contribution in [0.2, 0.25) is 5.02 Å². The largest absolute Gasteiger partial charge is 0.354 e. The second-order valence-electron chi connectivity index (χ2n) is 7.44. The molecule has 0 unspecified atom stereocenters. The predicted molar refractivity (Wildman–Crippen MR) is 120 cm³/mol. The van der Waals surface area contributed by atoms with Crippen molar-refractivity contribution in [2.45, 2.75) is 39.0 Å². The Bertz CT molecular complexity index is 922. The van der Waals surface area contributed by atoms with Crippen LogP contribution in [0.1, 0.15) is 57.7 Å². The van der Waals surface area contributed by atoms with E-state index in [1.165, 1.54) is 17.8 Å². The van der Waals surface area contributed by atoms with E-state index in [0.29, 0.717) is 33.6 Å². The number of anilines is 1. The van der Waals surface area contributed by atoms with Crippen molar-refractivity contribution in [1.29, 1.82) is 0 Å². The second kappa shape index (κ2) is 10.6. The summed E-state index contributed by atoms with van der Waals surface area (Å²) in [5, 5.41) is 9.48. The highest BCUT2D eigenvalue weighted by molar-refractivity contribution is 7.18. The molecule has 0 aliphatic heterocycles. The smallest absolute Gasteiger partial charge is 0.261 e. The Morgan fingerprint density at radius 2 is 1.73 bits per heavy atom. The Hall–Kier alpha value is -2.38. The lowest BCUT2D eigenvalue weighted by Gasteiger charge is -2.20. The highest BCUT2D eigenvalue weighted by atomic mass is 35.5. The molecule has 30 heavy (non-hydrogen) atoms. The van der Waals surface area contributed by atoms with Gasteiger partial charge in [-0.2, -0.15) is 0 Å². The van der Waals surface area contributed by atoms with Crippen LogP contribution in [0.15, 0.2) is 30.3 Å². The molecule has 1 aromatic carbocycles. The number of benzene rings is 1. The average Bonchev–Trinajstić information content (AvgIpc) is 3.11. The SMILES string of the molecule is Cc1cc(NC(=O)c2ccccc2Cl)sc1C(=O)NCCNC(=O)C1CCCCC1. The van der Waals surface area contributed by atoms with E-state index in [-0.39, 0.29) is 23.6 Å². The van der Waals surface area contributed by atoms with E-state index in [4.69, 9.17) is 11.6 Å². The van der Waals surface area contributed by atoms with Gasteiger partial charge in [-0.25, -0.2) is 0 Å². The number of rotatable bonds is 7. The summed E-state index contributed by atoms with van der Waals surface area (Å²) in [6.07, 6.45) is 5.34. The van der Waals surface area contributed by atoms with E-state index in [1.54, 1.807) is 30.3 Å². The maximum atomic E-state index is 12.5. The highest BCUT2D eigenvalue weighted by Crippen LogP contribution is 2.28. The fraction of sp³-hybridized carbons (Fsp3) is 0.409. The molecule has 3 amide bonds. The zero-order valence-electron chi connectivity index (χ0n) is 16.9. The molecule has 1 aromatic heterocycles. The molecule has 1 fully saturated rings. The normalized spacial score (nSPS) is 14.2. The van der Waals surface area contributed by atoms with Crippen molar-refractivity contribution in [1.82, 2.24) is 10.6 Å². The minimum atomic E-state index is -0.320. The van der Waals surface area contributed by atoms with Crippen LogP contribution in [0.4, 0.5) is 5.00 Å². The van der Waals surface area contributed by atoms with E-state index in [1.807, 2.05) is 6.92 Å². The maximum absolute atomic E-state index is 12.5. The molecule has 1 saturated carbocycles. The summed E-state index contributed by atoms with van der Waals surface area (Å²) in [6, 6.07) is 8.56. The fourth-order valence-corrected chi connectivity index (χ4v) is 4.75. The topological polar surface area (TPSA) is 87.3 Å². The van der Waals surface area contributed by atoms with Crippen molar-refractivity contribution in [2.24, 2.45) is 5.92 Å². The lowest BCUT2D eigenvalue weighted by Crippen LogP contribution is -2.38. The van der Waals surface area contributed by atoms with Gasteiger partial charge in [0, 0.05) is 19.0 Å². The summed E-state index contributed by atoms with van der Waals surface area (Å²) in [7, 11) is 0. The van der Waals surface area contributed by atoms with Crippen molar-refractivity contribution in [2.75, 3.05) is 18.4 Å². The van der Waals surface area contributed by atoms with Crippen molar-refractivity contribution >= 4 is 45.7 Å². The molecule has 0 spiro atoms. The first-order valence-corrected chi connectivity index (χ1v) is 11.4. The van der Waals surface area contributed by atoms with Crippen molar-refractivity contribution in [3.63, 3.8) is 0 Å². The molecular formula is C22H26ClN3O3S. The predicted octanol–water partition coefficient (Wildman–Crippen LogP) is 4.39. The van der Waals surface area contributed by atoms with E-state index in [9.17, 15) is 14.4 Å². The Morgan fingerprint density at radius 3 is 2.47 bits per heavy atom. The monoisotopic (exact) mass is 447 g/mol. The molecule has 0 saturated heterocycles. The summed E-state index contributed by atoms with van der Waals surface area (Å²) >= 11 is 7.27. The third-order valence-electron chi connectivity index (χ3n) is 5.16. The van der Waals surface area contributed by atoms with Crippen LogP contribution in [0.5, 0.6) is 0 Å². The molecule has 160 valence electrons. The molecule has 8 heteroatoms. The van der Waals surface area contributed by atoms with Crippen molar-refractivity contribution in [3.05, 3.63) is 51.4 Å². The molecule has 0 radical (unpaired) electrons. The van der Waals surface area contributed by atoms with E-state index in [0.717, 1.165) is 31.2 Å². The standard InChI is InChI=1S/C22H26ClN3O3S/c1-14-13-18(26-21(28)16-9-5-6-10-17(16)23)30-19(14)22(29)25-12-11-24-20(27)15-7-3-2-4-8-15/h5-6,9-10,13,15H,2-4,7-8,11-12H2,1H3,(H,24,27)(H,25,29)(H,26,28). The Balaban J connectivity index is 1.48. The van der Waals surface area contributed by atoms with Crippen LogP contribution in [0.25, 0.3) is 0 Å². The number of thiophene rings is 1. The lowest BCUT2D eigenvalue weighted by molar-refractivity contribution is -0.125. The summed E-state index contributed by atoms with van der Waals surface area (Å²) in [6.45, 7) is 2.58. The summed E-state index contributed by atoms with van der Waals surface area (Å²) in [4.78, 5) is 37.6. The molecule has 6 nitrogen and oxygen atoms in total. The van der Waals surface area contributed by atoms with Gasteiger partial charge in [-0.1, -0.05) is 43.0 Å². The minimum absolute atomic E-state index is 0.0841. The molecule has 1 aliphatic rings. The van der Waals surface area contributed by atoms with Crippen LogP contribution in [-0.2, 0) is 4.79 Å². The number of aryl methyl sites for hydroxylation is 1. The van der Waals surface area contributed by atoms with Crippen LogP contribution >= 0.6 is 22.9 Å². The third kappa shape index (κ3) is 5.83. The highest BCUT2D eigenvalue weighted by Gasteiger charge is 2.21. The Morgan fingerprint density at radius 1 is 1.03 bits per heavy atom. The summed E-state index contributed by atoms with van der Waals surface area (Å²) < 4.78 is 0. The van der Waals surface area contributed by atoms with Gasteiger partial charge in [0.05, 0.1) is 20.5 Å². The van der Waals surface area contributed by atoms with Gasteiger partial charge in [-0.3, -0.25) is 14.4 Å². The quantitative estimate of drug-likeness (QED) is 0.550. The lowest BCUT2D eigenvalue weighted by atomic mass is 9.89. The van der Waals surface area contributed by atoms with E-state index < -0.39 is 0 Å². The Labute approximate surface area is 185 Å². The maximum Gasteiger partial charge on any atom is 0.261 e. The summed E-state index contributed by atoms with van der Waals surface area (Å²) in [5.41, 5.74) is 1.16. The number of hydrogen-bond acceptors (Lipinski definition) is 4. The molecule has 0 bridgehead atoms. The van der Waals surface area contributed by atoms with Gasteiger partial charge in [0.2, 0.25) is 5.91 Å². The molecule has 0 atom stereocenters. The number of nitrogens with one attached hydrogen (secondary N) is 3. The van der Waals surface area contributed by atoms with Crippen molar-refractivity contribution < 1.29 is 14.4 Å². The van der Waals surface area contributed by atoms with Gasteiger partial charge in [0.1, 0.15) is 0 Å². The van der Waals surface area contributed by atoms with Crippen molar-refractivity contribution in [3.8, 4) is 0 Å². The fourth-order valence-electron chi connectivity index (χ4n) is 3.54. The molecule has 2 aromatic rings. The molecule has 3 N–H and O–H groups in total. The van der Waals surface area contributed by atoms with Crippen LogP contribution in [0.3, 0.4) is 0 Å².